The summed E-state index contributed by atoms with van der Waals surface area (Å²) in [4.78, 5) is 13.3. The van der Waals surface area contributed by atoms with Crippen molar-refractivity contribution >= 4 is 6.09 Å². The van der Waals surface area contributed by atoms with Gasteiger partial charge in [0.25, 0.3) is 0 Å². The summed E-state index contributed by atoms with van der Waals surface area (Å²) < 4.78 is 5.58. The molecule has 0 radical (unpaired) electrons. The Labute approximate surface area is 156 Å². The number of aliphatic hydroxyl groups is 1. The van der Waals surface area contributed by atoms with Gasteiger partial charge < -0.3 is 20.3 Å². The van der Waals surface area contributed by atoms with Gasteiger partial charge in [-0.25, -0.2) is 4.79 Å². The predicted molar refractivity (Wildman–Crippen MR) is 101 cm³/mol. The molecule has 0 saturated carbocycles. The fourth-order valence-electron chi connectivity index (χ4n) is 3.51. The molecule has 1 heterocycles. The number of rotatable bonds is 8. The number of carbonyl (C=O) groups is 1. The van der Waals surface area contributed by atoms with Gasteiger partial charge in [0.1, 0.15) is 0 Å². The Morgan fingerprint density at radius 1 is 1.35 bits per heavy atom. The molecule has 6 heteroatoms. The van der Waals surface area contributed by atoms with E-state index in [9.17, 15) is 15.0 Å². The van der Waals surface area contributed by atoms with Crippen LogP contribution >= 0.6 is 0 Å². The molecule has 6 nitrogen and oxygen atoms in total. The number of nitrogens with one attached hydrogen (secondary N) is 1. The van der Waals surface area contributed by atoms with Crippen LogP contribution in [-0.4, -0.2) is 64.7 Å². The molecular weight excluding hydrogens is 332 g/mol. The minimum Gasteiger partial charge on any atom is -0.465 e. The van der Waals surface area contributed by atoms with E-state index in [1.165, 1.54) is 4.90 Å². The van der Waals surface area contributed by atoms with Crippen LogP contribution in [0.15, 0.2) is 30.3 Å². The standard InChI is InChI=1S/C20H32N2O4/c1-20(2,3)22(19(24)25)17(12-15-8-5-4-6-9-15)18(23)14-21-13-16-10-7-11-26-16/h4-6,8-9,16-18,21,23H,7,10-14H2,1-3H3,(H,24,25)/t16?,17-,18+/m0/s1. The Kier molecular flexibility index (Phi) is 7.43. The second-order valence-electron chi connectivity index (χ2n) is 7.94. The SMILES string of the molecule is CC(C)(C)N(C(=O)O)[C@@H](Cc1ccccc1)[C@H](O)CNCC1CCCO1. The zero-order valence-electron chi connectivity index (χ0n) is 16.0. The second-order valence-corrected chi connectivity index (χ2v) is 7.94. The Morgan fingerprint density at radius 3 is 2.58 bits per heavy atom. The van der Waals surface area contributed by atoms with Crippen molar-refractivity contribution in [2.75, 3.05) is 19.7 Å². The zero-order chi connectivity index (χ0) is 19.2. The monoisotopic (exact) mass is 364 g/mol. The highest BCUT2D eigenvalue weighted by Gasteiger charge is 2.37. The smallest absolute Gasteiger partial charge is 0.408 e. The molecule has 0 aromatic heterocycles. The molecule has 1 aromatic carbocycles. The summed E-state index contributed by atoms with van der Waals surface area (Å²) in [6, 6.07) is 9.17. The summed E-state index contributed by atoms with van der Waals surface area (Å²) in [6.07, 6.45) is 0.923. The van der Waals surface area contributed by atoms with Crippen molar-refractivity contribution < 1.29 is 19.7 Å². The van der Waals surface area contributed by atoms with Crippen molar-refractivity contribution in [3.05, 3.63) is 35.9 Å². The molecule has 26 heavy (non-hydrogen) atoms. The minimum absolute atomic E-state index is 0.188. The predicted octanol–water partition coefficient (Wildman–Crippen LogP) is 2.51. The van der Waals surface area contributed by atoms with Crippen LogP contribution in [0.3, 0.4) is 0 Å². The summed E-state index contributed by atoms with van der Waals surface area (Å²) in [6.45, 7) is 7.36. The normalized spacial score (nSPS) is 19.9. The van der Waals surface area contributed by atoms with Gasteiger partial charge >= 0.3 is 6.09 Å². The van der Waals surface area contributed by atoms with Gasteiger partial charge in [0.05, 0.1) is 18.2 Å². The van der Waals surface area contributed by atoms with Gasteiger partial charge in [-0.05, 0) is 45.6 Å². The molecule has 146 valence electrons. The van der Waals surface area contributed by atoms with E-state index < -0.39 is 23.8 Å². The molecular formula is C20H32N2O4. The largest absolute Gasteiger partial charge is 0.465 e. The lowest BCUT2D eigenvalue weighted by molar-refractivity contribution is 0.00636. The van der Waals surface area contributed by atoms with Gasteiger partial charge in [-0.2, -0.15) is 0 Å². The molecule has 1 saturated heterocycles. The molecule has 1 aromatic rings. The van der Waals surface area contributed by atoms with Crippen LogP contribution in [0.4, 0.5) is 4.79 Å². The highest BCUT2D eigenvalue weighted by Crippen LogP contribution is 2.23. The first kappa shape index (κ1) is 20.7. The molecule has 2 rings (SSSR count). The fourth-order valence-corrected chi connectivity index (χ4v) is 3.51. The van der Waals surface area contributed by atoms with Crippen LogP contribution in [0, 0.1) is 0 Å². The molecule has 1 aliphatic rings. The molecule has 1 fully saturated rings. The van der Waals surface area contributed by atoms with Crippen molar-refractivity contribution in [1.82, 2.24) is 10.2 Å². The Morgan fingerprint density at radius 2 is 2.04 bits per heavy atom. The van der Waals surface area contributed by atoms with Crippen molar-refractivity contribution in [2.24, 2.45) is 0 Å². The molecule has 1 aliphatic heterocycles. The average molecular weight is 364 g/mol. The number of hydrogen-bond donors (Lipinski definition) is 3. The number of carboxylic acid groups (broad SMARTS) is 1. The molecule has 0 spiro atoms. The topological polar surface area (TPSA) is 82.0 Å². The quantitative estimate of drug-likeness (QED) is 0.660. The van der Waals surface area contributed by atoms with Gasteiger partial charge in [0, 0.05) is 25.2 Å². The lowest BCUT2D eigenvalue weighted by Gasteiger charge is -2.42. The molecule has 1 unspecified atom stereocenters. The summed E-state index contributed by atoms with van der Waals surface area (Å²) in [7, 11) is 0. The first-order valence-electron chi connectivity index (χ1n) is 9.35. The van der Waals surface area contributed by atoms with Crippen LogP contribution in [0.1, 0.15) is 39.2 Å². The number of ether oxygens (including phenoxy) is 1. The molecule has 3 N–H and O–H groups in total. The van der Waals surface area contributed by atoms with Crippen LogP contribution in [0.5, 0.6) is 0 Å². The molecule has 0 bridgehead atoms. The van der Waals surface area contributed by atoms with Crippen LogP contribution in [0.25, 0.3) is 0 Å². The lowest BCUT2D eigenvalue weighted by Crippen LogP contribution is -2.58. The average Bonchev–Trinajstić information content (AvgIpc) is 3.07. The Balaban J connectivity index is 2.08. The third-order valence-electron chi connectivity index (χ3n) is 4.74. The number of nitrogens with zero attached hydrogens (tertiary/aromatic N) is 1. The lowest BCUT2D eigenvalue weighted by atomic mass is 9.94. The van der Waals surface area contributed by atoms with Gasteiger partial charge in [0.2, 0.25) is 0 Å². The van der Waals surface area contributed by atoms with Crippen LogP contribution in [0.2, 0.25) is 0 Å². The Bertz CT molecular complexity index is 553. The van der Waals surface area contributed by atoms with Crippen molar-refractivity contribution in [1.29, 1.82) is 0 Å². The molecule has 3 atom stereocenters. The van der Waals surface area contributed by atoms with Crippen LogP contribution in [-0.2, 0) is 11.2 Å². The minimum atomic E-state index is -1.02. The van der Waals surface area contributed by atoms with Gasteiger partial charge in [-0.1, -0.05) is 30.3 Å². The van der Waals surface area contributed by atoms with Crippen molar-refractivity contribution in [3.63, 3.8) is 0 Å². The van der Waals surface area contributed by atoms with E-state index in [1.807, 2.05) is 51.1 Å². The van der Waals surface area contributed by atoms with Crippen LogP contribution < -0.4 is 5.32 Å². The van der Waals surface area contributed by atoms with E-state index in [-0.39, 0.29) is 6.10 Å². The molecule has 0 aliphatic carbocycles. The van der Waals surface area contributed by atoms with E-state index in [2.05, 4.69) is 5.32 Å². The highest BCUT2D eigenvalue weighted by atomic mass is 16.5. The van der Waals surface area contributed by atoms with E-state index in [0.29, 0.717) is 19.5 Å². The summed E-state index contributed by atoms with van der Waals surface area (Å²) >= 11 is 0. The van der Waals surface area contributed by atoms with E-state index >= 15 is 0 Å². The van der Waals surface area contributed by atoms with Gasteiger partial charge in [-0.3, -0.25) is 4.90 Å². The van der Waals surface area contributed by atoms with E-state index in [4.69, 9.17) is 4.74 Å². The second kappa shape index (κ2) is 9.35. The maximum atomic E-state index is 11.9. The maximum Gasteiger partial charge on any atom is 0.408 e. The number of aliphatic hydroxyl groups excluding tert-OH is 1. The fraction of sp³-hybridized carbons (Fsp3) is 0.650. The van der Waals surface area contributed by atoms with Gasteiger partial charge in [0.15, 0.2) is 0 Å². The number of amides is 1. The summed E-state index contributed by atoms with van der Waals surface area (Å²) in [5.41, 5.74) is 0.395. The molecule has 1 amide bonds. The maximum absolute atomic E-state index is 11.9. The first-order valence-corrected chi connectivity index (χ1v) is 9.35. The summed E-state index contributed by atoms with van der Waals surface area (Å²) in [5.74, 6) is 0. The highest BCUT2D eigenvalue weighted by molar-refractivity contribution is 5.66. The van der Waals surface area contributed by atoms with E-state index in [1.54, 1.807) is 0 Å². The summed E-state index contributed by atoms with van der Waals surface area (Å²) in [5, 5.41) is 23.8. The zero-order valence-corrected chi connectivity index (χ0v) is 16.0. The number of benzene rings is 1. The third-order valence-corrected chi connectivity index (χ3v) is 4.74. The Hall–Kier alpha value is -1.63. The first-order chi connectivity index (χ1) is 12.3. The number of hydrogen-bond acceptors (Lipinski definition) is 4. The van der Waals surface area contributed by atoms with Gasteiger partial charge in [-0.15, -0.1) is 0 Å². The third kappa shape index (κ3) is 5.97. The van der Waals surface area contributed by atoms with E-state index in [0.717, 1.165) is 25.0 Å². The van der Waals surface area contributed by atoms with Crippen molar-refractivity contribution in [3.8, 4) is 0 Å². The van der Waals surface area contributed by atoms with Crippen molar-refractivity contribution in [2.45, 2.75) is 63.8 Å².